The lowest BCUT2D eigenvalue weighted by Crippen LogP contribution is -2.39. The van der Waals surface area contributed by atoms with E-state index >= 15 is 0 Å². The molecule has 19 heavy (non-hydrogen) atoms. The highest BCUT2D eigenvalue weighted by atomic mass is 32.2. The van der Waals surface area contributed by atoms with Crippen molar-refractivity contribution in [3.05, 3.63) is 11.6 Å². The Balaban J connectivity index is 1.92. The number of sulfonamides is 1. The monoisotopic (exact) mass is 285 g/mol. The smallest absolute Gasteiger partial charge is 0.211 e. The van der Waals surface area contributed by atoms with Gasteiger partial charge in [-0.15, -0.1) is 0 Å². The van der Waals surface area contributed by atoms with Gasteiger partial charge in [-0.05, 0) is 50.0 Å². The third-order valence-electron chi connectivity index (χ3n) is 4.07. The molecular formula is C14H23NO3S. The Labute approximate surface area is 115 Å². The van der Waals surface area contributed by atoms with Gasteiger partial charge in [-0.25, -0.2) is 12.7 Å². The Morgan fingerprint density at radius 1 is 1.37 bits per heavy atom. The summed E-state index contributed by atoms with van der Waals surface area (Å²) < 4.78 is 24.6. The standard InChI is InChI=1S/C14H23NO3S/c1-19(17,18)15-9-5-6-12(11-15)10-14(16)13-7-3-2-4-8-13/h7,12H,2-6,8-11H2,1H3. The van der Waals surface area contributed by atoms with Crippen LogP contribution in [0.3, 0.4) is 0 Å². The SMILES string of the molecule is CS(=O)(=O)N1CCCC(CC(=O)C2=CCCCC2)C1. The van der Waals surface area contributed by atoms with Crippen molar-refractivity contribution in [1.82, 2.24) is 4.31 Å². The molecule has 108 valence electrons. The first-order valence-corrected chi connectivity index (χ1v) is 8.99. The van der Waals surface area contributed by atoms with Gasteiger partial charge in [0.25, 0.3) is 0 Å². The first-order chi connectivity index (χ1) is 8.97. The summed E-state index contributed by atoms with van der Waals surface area (Å²) in [5, 5.41) is 0. The van der Waals surface area contributed by atoms with Crippen LogP contribution >= 0.6 is 0 Å². The molecule has 0 bridgehead atoms. The van der Waals surface area contributed by atoms with Gasteiger partial charge in [0.1, 0.15) is 0 Å². The number of hydrogen-bond donors (Lipinski definition) is 0. The van der Waals surface area contributed by atoms with Crippen LogP contribution in [0.1, 0.15) is 44.9 Å². The van der Waals surface area contributed by atoms with Crippen LogP contribution in [0, 0.1) is 5.92 Å². The largest absolute Gasteiger partial charge is 0.295 e. The number of nitrogens with zero attached hydrogens (tertiary/aromatic N) is 1. The van der Waals surface area contributed by atoms with Crippen molar-refractivity contribution in [2.75, 3.05) is 19.3 Å². The van der Waals surface area contributed by atoms with Gasteiger partial charge < -0.3 is 0 Å². The van der Waals surface area contributed by atoms with E-state index in [1.807, 2.05) is 0 Å². The zero-order chi connectivity index (χ0) is 13.9. The van der Waals surface area contributed by atoms with Crippen molar-refractivity contribution in [3.8, 4) is 0 Å². The fourth-order valence-electron chi connectivity index (χ4n) is 2.98. The molecule has 1 aliphatic heterocycles. The van der Waals surface area contributed by atoms with E-state index in [0.29, 0.717) is 19.5 Å². The molecule has 4 nitrogen and oxygen atoms in total. The van der Waals surface area contributed by atoms with Gasteiger partial charge in [0.15, 0.2) is 5.78 Å². The van der Waals surface area contributed by atoms with Gasteiger partial charge in [0.2, 0.25) is 10.0 Å². The zero-order valence-electron chi connectivity index (χ0n) is 11.6. The van der Waals surface area contributed by atoms with Gasteiger partial charge >= 0.3 is 0 Å². The molecule has 2 rings (SSSR count). The number of piperidine rings is 1. The minimum atomic E-state index is -3.11. The van der Waals surface area contributed by atoms with E-state index in [2.05, 4.69) is 6.08 Å². The maximum atomic E-state index is 12.2. The van der Waals surface area contributed by atoms with Crippen molar-refractivity contribution < 1.29 is 13.2 Å². The molecule has 0 spiro atoms. The molecule has 0 aromatic rings. The van der Waals surface area contributed by atoms with Crippen LogP contribution in [0.5, 0.6) is 0 Å². The van der Waals surface area contributed by atoms with Crippen LogP contribution < -0.4 is 0 Å². The number of allylic oxidation sites excluding steroid dienone is 2. The molecule has 0 aromatic heterocycles. The van der Waals surface area contributed by atoms with E-state index in [4.69, 9.17) is 0 Å². The van der Waals surface area contributed by atoms with E-state index in [1.54, 1.807) is 0 Å². The van der Waals surface area contributed by atoms with Crippen LogP contribution in [0.15, 0.2) is 11.6 Å². The van der Waals surface area contributed by atoms with Crippen LogP contribution in [0.2, 0.25) is 0 Å². The van der Waals surface area contributed by atoms with E-state index in [-0.39, 0.29) is 11.7 Å². The molecule has 2 aliphatic rings. The molecule has 1 heterocycles. The molecule has 1 saturated heterocycles. The van der Waals surface area contributed by atoms with E-state index in [0.717, 1.165) is 37.7 Å². The minimum Gasteiger partial charge on any atom is -0.295 e. The number of ketones is 1. The summed E-state index contributed by atoms with van der Waals surface area (Å²) in [6, 6.07) is 0. The lowest BCUT2D eigenvalue weighted by atomic mass is 9.88. The highest BCUT2D eigenvalue weighted by molar-refractivity contribution is 7.88. The highest BCUT2D eigenvalue weighted by Crippen LogP contribution is 2.25. The first kappa shape index (κ1) is 14.7. The van der Waals surface area contributed by atoms with Crippen LogP contribution in [0.25, 0.3) is 0 Å². The first-order valence-electron chi connectivity index (χ1n) is 7.14. The average Bonchev–Trinajstić information content (AvgIpc) is 2.39. The Morgan fingerprint density at radius 2 is 2.16 bits per heavy atom. The summed E-state index contributed by atoms with van der Waals surface area (Å²) >= 11 is 0. The molecule has 0 N–H and O–H groups in total. The highest BCUT2D eigenvalue weighted by Gasteiger charge is 2.27. The molecule has 0 saturated carbocycles. The predicted octanol–water partition coefficient (Wildman–Crippen LogP) is 2.12. The molecule has 1 aliphatic carbocycles. The third-order valence-corrected chi connectivity index (χ3v) is 5.34. The number of carbonyl (C=O) groups is 1. The molecule has 0 aromatic carbocycles. The van der Waals surface area contributed by atoms with Crippen molar-refractivity contribution >= 4 is 15.8 Å². The molecule has 0 radical (unpaired) electrons. The molecule has 1 fully saturated rings. The van der Waals surface area contributed by atoms with Crippen LogP contribution in [-0.4, -0.2) is 37.9 Å². The van der Waals surface area contributed by atoms with Gasteiger partial charge in [-0.2, -0.15) is 0 Å². The average molecular weight is 285 g/mol. The molecule has 1 unspecified atom stereocenters. The summed E-state index contributed by atoms with van der Waals surface area (Å²) in [7, 11) is -3.11. The van der Waals surface area contributed by atoms with Crippen molar-refractivity contribution in [1.29, 1.82) is 0 Å². The maximum Gasteiger partial charge on any atom is 0.211 e. The molecular weight excluding hydrogens is 262 g/mol. The lowest BCUT2D eigenvalue weighted by Gasteiger charge is -2.30. The van der Waals surface area contributed by atoms with E-state index in [9.17, 15) is 13.2 Å². The van der Waals surface area contributed by atoms with Crippen molar-refractivity contribution in [3.63, 3.8) is 0 Å². The fraction of sp³-hybridized carbons (Fsp3) is 0.786. The number of carbonyl (C=O) groups excluding carboxylic acids is 1. The quantitative estimate of drug-likeness (QED) is 0.795. The molecule has 1 atom stereocenters. The molecule has 0 amide bonds. The Bertz CT molecular complexity index is 467. The summed E-state index contributed by atoms with van der Waals surface area (Å²) in [6.45, 7) is 1.12. The fourth-order valence-corrected chi connectivity index (χ4v) is 3.92. The summed E-state index contributed by atoms with van der Waals surface area (Å²) in [6.07, 6.45) is 9.87. The minimum absolute atomic E-state index is 0.193. The van der Waals surface area contributed by atoms with Crippen LogP contribution in [0.4, 0.5) is 0 Å². The zero-order valence-corrected chi connectivity index (χ0v) is 12.4. The third kappa shape index (κ3) is 4.14. The second-order valence-electron chi connectivity index (χ2n) is 5.73. The number of hydrogen-bond acceptors (Lipinski definition) is 3. The Hall–Kier alpha value is -0.680. The van der Waals surface area contributed by atoms with E-state index < -0.39 is 10.0 Å². The normalized spacial score (nSPS) is 25.9. The van der Waals surface area contributed by atoms with Gasteiger partial charge in [-0.1, -0.05) is 6.08 Å². The maximum absolute atomic E-state index is 12.2. The number of rotatable bonds is 4. The van der Waals surface area contributed by atoms with Gasteiger partial charge in [0.05, 0.1) is 6.26 Å². The van der Waals surface area contributed by atoms with Gasteiger partial charge in [-0.3, -0.25) is 4.79 Å². The summed E-state index contributed by atoms with van der Waals surface area (Å²) in [5.74, 6) is 0.429. The van der Waals surface area contributed by atoms with E-state index in [1.165, 1.54) is 17.0 Å². The Kier molecular flexibility index (Phi) is 4.79. The second kappa shape index (κ2) is 6.18. The summed E-state index contributed by atoms with van der Waals surface area (Å²) in [5.41, 5.74) is 0.975. The molecule has 5 heteroatoms. The Morgan fingerprint density at radius 3 is 2.79 bits per heavy atom. The van der Waals surface area contributed by atoms with Gasteiger partial charge in [0, 0.05) is 19.5 Å². The van der Waals surface area contributed by atoms with Crippen molar-refractivity contribution in [2.45, 2.75) is 44.9 Å². The lowest BCUT2D eigenvalue weighted by molar-refractivity contribution is -0.116. The topological polar surface area (TPSA) is 54.5 Å². The van der Waals surface area contributed by atoms with Crippen LogP contribution in [-0.2, 0) is 14.8 Å². The van der Waals surface area contributed by atoms with Crippen molar-refractivity contribution in [2.24, 2.45) is 5.92 Å². The number of Topliss-reactive ketones (excluding diaryl/α,β-unsaturated/α-hetero) is 1. The summed E-state index contributed by atoms with van der Waals surface area (Å²) in [4.78, 5) is 12.2. The predicted molar refractivity (Wildman–Crippen MR) is 75.3 cm³/mol. The second-order valence-corrected chi connectivity index (χ2v) is 7.71.